The third-order valence-electron chi connectivity index (χ3n) is 7.36. The van der Waals surface area contributed by atoms with E-state index in [9.17, 15) is 14.4 Å². The Bertz CT molecular complexity index is 867. The second-order valence-electron chi connectivity index (χ2n) is 9.61. The van der Waals surface area contributed by atoms with E-state index >= 15 is 0 Å². The van der Waals surface area contributed by atoms with Gasteiger partial charge in [0.1, 0.15) is 6.42 Å². The Morgan fingerprint density at radius 2 is 1.65 bits per heavy atom. The molecule has 1 atom stereocenters. The quantitative estimate of drug-likeness (QED) is 0.653. The van der Waals surface area contributed by atoms with Gasteiger partial charge in [0.2, 0.25) is 5.91 Å². The average Bonchev–Trinajstić information content (AvgIpc) is 2.71. The largest absolute Gasteiger partial charge is 0.452 e. The number of nitrogens with one attached hydrogen (secondary N) is 2. The Balaban J connectivity index is 1.25. The van der Waals surface area contributed by atoms with Crippen LogP contribution in [0.1, 0.15) is 62.2 Å². The number of esters is 1. The fraction of sp³-hybridized carbons (Fsp3) is 0.583. The van der Waals surface area contributed by atoms with Crippen LogP contribution < -0.4 is 10.6 Å². The molecule has 4 bridgehead atoms. The van der Waals surface area contributed by atoms with Crippen LogP contribution in [0.5, 0.6) is 0 Å². The fourth-order valence-corrected chi connectivity index (χ4v) is 6.33. The molecule has 0 unspecified atom stereocenters. The molecule has 0 aromatic heterocycles. The van der Waals surface area contributed by atoms with Crippen molar-refractivity contribution in [1.29, 1.82) is 5.26 Å². The molecule has 2 N–H and O–H groups in total. The topological polar surface area (TPSA) is 108 Å². The first-order valence-electron chi connectivity index (χ1n) is 11.1. The van der Waals surface area contributed by atoms with Gasteiger partial charge >= 0.3 is 5.97 Å². The van der Waals surface area contributed by atoms with Crippen molar-refractivity contribution in [2.45, 2.75) is 57.9 Å². The van der Waals surface area contributed by atoms with E-state index in [1.807, 2.05) is 0 Å². The number of benzene rings is 1. The molecule has 1 aromatic carbocycles. The first-order valence-corrected chi connectivity index (χ1v) is 11.1. The van der Waals surface area contributed by atoms with Crippen molar-refractivity contribution in [2.75, 3.05) is 11.9 Å². The second-order valence-corrected chi connectivity index (χ2v) is 9.61. The van der Waals surface area contributed by atoms with Crippen molar-refractivity contribution in [1.82, 2.24) is 5.32 Å². The van der Waals surface area contributed by atoms with E-state index in [4.69, 9.17) is 10.00 Å². The van der Waals surface area contributed by atoms with Gasteiger partial charge in [-0.2, -0.15) is 5.26 Å². The van der Waals surface area contributed by atoms with Crippen LogP contribution in [0.3, 0.4) is 0 Å². The molecule has 0 aliphatic heterocycles. The Labute approximate surface area is 182 Å². The van der Waals surface area contributed by atoms with E-state index < -0.39 is 11.9 Å². The minimum atomic E-state index is -0.590. The highest BCUT2D eigenvalue weighted by molar-refractivity contribution is 5.94. The van der Waals surface area contributed by atoms with Gasteiger partial charge in [0, 0.05) is 11.7 Å². The summed E-state index contributed by atoms with van der Waals surface area (Å²) >= 11 is 0. The molecule has 4 aliphatic rings. The minimum absolute atomic E-state index is 0.0865. The highest BCUT2D eigenvalue weighted by Crippen LogP contribution is 2.61. The molecule has 31 heavy (non-hydrogen) atoms. The summed E-state index contributed by atoms with van der Waals surface area (Å²) in [5.41, 5.74) is 0.986. The number of anilines is 1. The molecule has 5 rings (SSSR count). The molecule has 0 spiro atoms. The van der Waals surface area contributed by atoms with Crippen molar-refractivity contribution in [2.24, 2.45) is 23.2 Å². The summed E-state index contributed by atoms with van der Waals surface area (Å²) < 4.78 is 5.19. The predicted molar refractivity (Wildman–Crippen MR) is 114 cm³/mol. The van der Waals surface area contributed by atoms with E-state index in [1.54, 1.807) is 18.2 Å². The van der Waals surface area contributed by atoms with Gasteiger partial charge < -0.3 is 15.4 Å². The minimum Gasteiger partial charge on any atom is -0.452 e. The van der Waals surface area contributed by atoms with Crippen LogP contribution in [0, 0.1) is 34.5 Å². The molecular weight excluding hydrogens is 394 g/mol. The molecular formula is C24H29N3O4. The Kier molecular flexibility index (Phi) is 5.99. The van der Waals surface area contributed by atoms with E-state index in [0.717, 1.165) is 17.8 Å². The van der Waals surface area contributed by atoms with Crippen LogP contribution in [0.25, 0.3) is 0 Å². The zero-order chi connectivity index (χ0) is 22.0. The summed E-state index contributed by atoms with van der Waals surface area (Å²) in [6.07, 6.45) is 7.46. The Morgan fingerprint density at radius 1 is 1.06 bits per heavy atom. The van der Waals surface area contributed by atoms with Gasteiger partial charge in [-0.1, -0.05) is 0 Å². The predicted octanol–water partition coefficient (Wildman–Crippen LogP) is 3.42. The maximum absolute atomic E-state index is 12.5. The van der Waals surface area contributed by atoms with Gasteiger partial charge in [0.05, 0.1) is 11.6 Å². The molecule has 4 aliphatic carbocycles. The number of nitrogens with zero attached hydrogens (tertiary/aromatic N) is 1. The molecule has 0 heterocycles. The summed E-state index contributed by atoms with van der Waals surface area (Å²) in [7, 11) is 0. The molecule has 7 nitrogen and oxygen atoms in total. The molecule has 1 aromatic rings. The lowest BCUT2D eigenvalue weighted by molar-refractivity contribution is -0.128. The average molecular weight is 424 g/mol. The number of hydrogen-bond acceptors (Lipinski definition) is 5. The van der Waals surface area contributed by atoms with Crippen LogP contribution in [-0.2, 0) is 14.3 Å². The number of hydrogen-bond donors (Lipinski definition) is 2. The highest BCUT2D eigenvalue weighted by Gasteiger charge is 2.53. The molecule has 2 amide bonds. The zero-order valence-corrected chi connectivity index (χ0v) is 17.9. The van der Waals surface area contributed by atoms with Crippen LogP contribution in [0.15, 0.2) is 24.3 Å². The fourth-order valence-electron chi connectivity index (χ4n) is 6.33. The zero-order valence-electron chi connectivity index (χ0n) is 17.9. The van der Waals surface area contributed by atoms with Gasteiger partial charge in [-0.3, -0.25) is 9.59 Å². The third-order valence-corrected chi connectivity index (χ3v) is 7.36. The molecule has 7 heteroatoms. The second kappa shape index (κ2) is 8.70. The highest BCUT2D eigenvalue weighted by atomic mass is 16.5. The Morgan fingerprint density at radius 3 is 2.19 bits per heavy atom. The van der Waals surface area contributed by atoms with Crippen LogP contribution >= 0.6 is 0 Å². The summed E-state index contributed by atoms with van der Waals surface area (Å²) in [5.74, 6) is 1.18. The van der Waals surface area contributed by atoms with E-state index in [2.05, 4.69) is 17.6 Å². The number of amides is 2. The van der Waals surface area contributed by atoms with Crippen molar-refractivity contribution in [3.05, 3.63) is 29.8 Å². The van der Waals surface area contributed by atoms with Gasteiger partial charge in [-0.15, -0.1) is 0 Å². The van der Waals surface area contributed by atoms with Crippen LogP contribution in [0.2, 0.25) is 0 Å². The van der Waals surface area contributed by atoms with Crippen molar-refractivity contribution < 1.29 is 19.1 Å². The van der Waals surface area contributed by atoms with Crippen molar-refractivity contribution >= 4 is 23.5 Å². The monoisotopic (exact) mass is 423 g/mol. The molecule has 4 fully saturated rings. The van der Waals surface area contributed by atoms with Crippen molar-refractivity contribution in [3.8, 4) is 6.07 Å². The smallest absolute Gasteiger partial charge is 0.338 e. The third kappa shape index (κ3) is 4.73. The van der Waals surface area contributed by atoms with E-state index in [1.165, 1.54) is 50.7 Å². The van der Waals surface area contributed by atoms with Gasteiger partial charge in [-0.05, 0) is 92.9 Å². The molecule has 164 valence electrons. The van der Waals surface area contributed by atoms with Crippen LogP contribution in [0.4, 0.5) is 5.69 Å². The first kappa shape index (κ1) is 21.4. The lowest BCUT2D eigenvalue weighted by atomic mass is 9.48. The number of nitriles is 1. The van der Waals surface area contributed by atoms with E-state index in [0.29, 0.717) is 11.3 Å². The molecule has 0 saturated heterocycles. The van der Waals surface area contributed by atoms with Gasteiger partial charge in [0.25, 0.3) is 5.91 Å². The SMILES string of the molecule is C[C@H](NC(=O)COC(=O)c1ccc(NC(=O)CC#N)cc1)C12CC3CC(CC(C3)C1)C2. The lowest BCUT2D eigenvalue weighted by Gasteiger charge is -2.59. The summed E-state index contributed by atoms with van der Waals surface area (Å²) in [6, 6.07) is 8.00. The summed E-state index contributed by atoms with van der Waals surface area (Å²) in [4.78, 5) is 36.1. The number of rotatable bonds is 7. The van der Waals surface area contributed by atoms with E-state index in [-0.39, 0.29) is 30.4 Å². The van der Waals surface area contributed by atoms with Crippen LogP contribution in [-0.4, -0.2) is 30.4 Å². The Hall–Kier alpha value is -2.88. The molecule has 4 saturated carbocycles. The number of ether oxygens (including phenoxy) is 1. The van der Waals surface area contributed by atoms with Gasteiger partial charge in [-0.25, -0.2) is 4.79 Å². The summed E-state index contributed by atoms with van der Waals surface area (Å²) in [5, 5.41) is 14.2. The first-order chi connectivity index (χ1) is 14.9. The summed E-state index contributed by atoms with van der Waals surface area (Å²) in [6.45, 7) is 1.79. The lowest BCUT2D eigenvalue weighted by Crippen LogP contribution is -2.56. The maximum Gasteiger partial charge on any atom is 0.338 e. The molecule has 0 radical (unpaired) electrons. The standard InChI is InChI=1S/C24H29N3O4/c1-15(24-11-16-8-17(12-24)10-18(9-16)13-24)26-22(29)14-31-23(30)19-2-4-20(5-3-19)27-21(28)6-7-25/h2-5,15-18H,6,8-14H2,1H3,(H,26,29)(H,27,28)/t15-,16?,17?,18?,24?/m0/s1. The maximum atomic E-state index is 12.5. The van der Waals surface area contributed by atoms with Crippen molar-refractivity contribution in [3.63, 3.8) is 0 Å². The number of carbonyl (C=O) groups is 3. The normalized spacial score (nSPS) is 29.0. The van der Waals surface area contributed by atoms with Gasteiger partial charge in [0.15, 0.2) is 6.61 Å². The number of carbonyl (C=O) groups excluding carboxylic acids is 3.